The lowest BCUT2D eigenvalue weighted by molar-refractivity contribution is 0.0913. The first kappa shape index (κ1) is 20.8. The highest BCUT2D eigenvalue weighted by atomic mass is 32.2. The molecule has 0 saturated carbocycles. The predicted octanol–water partition coefficient (Wildman–Crippen LogP) is 3.98. The Balaban J connectivity index is 1.33. The Morgan fingerprint density at radius 3 is 2.23 bits per heavy atom. The number of piperidine rings is 1. The van der Waals surface area contributed by atoms with Crippen molar-refractivity contribution in [2.75, 3.05) is 13.1 Å². The molecule has 2 heterocycles. The molecule has 0 spiro atoms. The molecule has 1 amide bonds. The van der Waals surface area contributed by atoms with Crippen molar-refractivity contribution < 1.29 is 13.2 Å². The molecule has 5 nitrogen and oxygen atoms in total. The van der Waals surface area contributed by atoms with E-state index in [-0.39, 0.29) is 21.1 Å². The third kappa shape index (κ3) is 4.80. The van der Waals surface area contributed by atoms with Crippen LogP contribution in [-0.4, -0.2) is 38.4 Å². The molecule has 0 aliphatic carbocycles. The van der Waals surface area contributed by atoms with Crippen LogP contribution in [0.5, 0.6) is 0 Å². The molecule has 1 aliphatic heterocycles. The number of hydrogen-bond acceptors (Lipinski definition) is 5. The van der Waals surface area contributed by atoms with Crippen molar-refractivity contribution in [1.82, 2.24) is 10.2 Å². The van der Waals surface area contributed by atoms with Gasteiger partial charge in [-0.15, -0.1) is 11.3 Å². The molecule has 1 fully saturated rings. The summed E-state index contributed by atoms with van der Waals surface area (Å²) in [5.74, 6) is -0.198. The average molecular weight is 441 g/mol. The van der Waals surface area contributed by atoms with Crippen molar-refractivity contribution in [3.63, 3.8) is 0 Å². The van der Waals surface area contributed by atoms with Crippen LogP contribution in [0.15, 0.2) is 81.9 Å². The van der Waals surface area contributed by atoms with Gasteiger partial charge in [-0.05, 0) is 42.7 Å². The van der Waals surface area contributed by atoms with Crippen molar-refractivity contribution in [2.24, 2.45) is 0 Å². The van der Waals surface area contributed by atoms with E-state index in [1.54, 1.807) is 36.4 Å². The lowest BCUT2D eigenvalue weighted by Crippen LogP contribution is -2.44. The SMILES string of the molecule is O=C(NC1CCN(Cc2ccccc2)CC1)c1ccc(S(=O)(=O)c2ccccc2)s1. The fraction of sp³-hybridized carbons (Fsp3) is 0.261. The van der Waals surface area contributed by atoms with Gasteiger partial charge in [0, 0.05) is 25.7 Å². The fourth-order valence-corrected chi connectivity index (χ4v) is 6.27. The normalized spacial score (nSPS) is 15.7. The van der Waals surface area contributed by atoms with Crippen molar-refractivity contribution >= 4 is 27.1 Å². The van der Waals surface area contributed by atoms with E-state index < -0.39 is 9.84 Å². The van der Waals surface area contributed by atoms with Crippen molar-refractivity contribution in [3.05, 3.63) is 83.2 Å². The quantitative estimate of drug-likeness (QED) is 0.630. The van der Waals surface area contributed by atoms with Gasteiger partial charge in [0.2, 0.25) is 9.84 Å². The Morgan fingerprint density at radius 1 is 0.933 bits per heavy atom. The number of nitrogens with one attached hydrogen (secondary N) is 1. The van der Waals surface area contributed by atoms with Crippen molar-refractivity contribution in [2.45, 2.75) is 34.5 Å². The number of rotatable bonds is 6. The van der Waals surface area contributed by atoms with E-state index in [9.17, 15) is 13.2 Å². The second-order valence-corrected chi connectivity index (χ2v) is 10.7. The number of carbonyl (C=O) groups is 1. The third-order valence-electron chi connectivity index (χ3n) is 5.30. The number of sulfone groups is 1. The van der Waals surface area contributed by atoms with Crippen LogP contribution in [0.2, 0.25) is 0 Å². The zero-order valence-electron chi connectivity index (χ0n) is 16.5. The van der Waals surface area contributed by atoms with E-state index in [0.717, 1.165) is 43.8 Å². The highest BCUT2D eigenvalue weighted by molar-refractivity contribution is 7.93. The van der Waals surface area contributed by atoms with Crippen LogP contribution in [0.1, 0.15) is 28.1 Å². The smallest absolute Gasteiger partial charge is 0.261 e. The van der Waals surface area contributed by atoms with Gasteiger partial charge in [-0.2, -0.15) is 0 Å². The molecule has 156 valence electrons. The molecule has 1 saturated heterocycles. The van der Waals surface area contributed by atoms with Crippen molar-refractivity contribution in [1.29, 1.82) is 0 Å². The first-order valence-electron chi connectivity index (χ1n) is 9.99. The summed E-state index contributed by atoms with van der Waals surface area (Å²) >= 11 is 1.02. The van der Waals surface area contributed by atoms with Crippen LogP contribution in [0.25, 0.3) is 0 Å². The Kier molecular flexibility index (Phi) is 6.32. The molecule has 30 heavy (non-hydrogen) atoms. The zero-order valence-corrected chi connectivity index (χ0v) is 18.2. The second kappa shape index (κ2) is 9.12. The maximum atomic E-state index is 12.7. The van der Waals surface area contributed by atoms with E-state index in [1.165, 1.54) is 11.6 Å². The Labute approximate surface area is 181 Å². The standard InChI is InChI=1S/C23H24N2O3S2/c26-23(21-11-12-22(29-21)30(27,28)20-9-5-2-6-10-20)24-19-13-15-25(16-14-19)17-18-7-3-1-4-8-18/h1-12,19H,13-17H2,(H,24,26). The van der Waals surface area contributed by atoms with Crippen LogP contribution < -0.4 is 5.32 Å². The molecule has 0 radical (unpaired) electrons. The fourth-order valence-electron chi connectivity index (χ4n) is 3.64. The first-order valence-corrected chi connectivity index (χ1v) is 12.3. The van der Waals surface area contributed by atoms with E-state index in [2.05, 4.69) is 34.5 Å². The van der Waals surface area contributed by atoms with Gasteiger partial charge < -0.3 is 5.32 Å². The summed E-state index contributed by atoms with van der Waals surface area (Å²) in [5, 5.41) is 3.07. The minimum atomic E-state index is -3.59. The molecule has 1 aliphatic rings. The number of likely N-dealkylation sites (tertiary alicyclic amines) is 1. The molecular weight excluding hydrogens is 416 g/mol. The maximum absolute atomic E-state index is 12.7. The molecule has 1 N–H and O–H groups in total. The van der Waals surface area contributed by atoms with E-state index in [1.807, 2.05) is 6.07 Å². The maximum Gasteiger partial charge on any atom is 0.261 e. The first-order chi connectivity index (χ1) is 14.5. The molecular formula is C23H24N2O3S2. The van der Waals surface area contributed by atoms with Crippen molar-refractivity contribution in [3.8, 4) is 0 Å². The number of benzene rings is 2. The van der Waals surface area contributed by atoms with E-state index in [4.69, 9.17) is 0 Å². The molecule has 3 aromatic rings. The van der Waals surface area contributed by atoms with Gasteiger partial charge in [-0.1, -0.05) is 48.5 Å². The predicted molar refractivity (Wildman–Crippen MR) is 118 cm³/mol. The summed E-state index contributed by atoms with van der Waals surface area (Å²) in [6.45, 7) is 2.78. The van der Waals surface area contributed by atoms with Crippen LogP contribution in [0, 0.1) is 0 Å². The number of carbonyl (C=O) groups excluding carboxylic acids is 1. The van der Waals surface area contributed by atoms with E-state index in [0.29, 0.717) is 4.88 Å². The van der Waals surface area contributed by atoms with Gasteiger partial charge in [0.1, 0.15) is 4.21 Å². The number of hydrogen-bond donors (Lipinski definition) is 1. The molecule has 7 heteroatoms. The molecule has 0 bridgehead atoms. The molecule has 2 aromatic carbocycles. The molecule has 4 rings (SSSR count). The summed E-state index contributed by atoms with van der Waals surface area (Å²) in [4.78, 5) is 15.7. The monoisotopic (exact) mass is 440 g/mol. The van der Waals surface area contributed by atoms with Gasteiger partial charge in [-0.25, -0.2) is 8.42 Å². The van der Waals surface area contributed by atoms with Crippen LogP contribution in [0.3, 0.4) is 0 Å². The minimum Gasteiger partial charge on any atom is -0.349 e. The summed E-state index contributed by atoms with van der Waals surface area (Å²) in [6.07, 6.45) is 1.78. The molecule has 1 aromatic heterocycles. The lowest BCUT2D eigenvalue weighted by atomic mass is 10.0. The lowest BCUT2D eigenvalue weighted by Gasteiger charge is -2.32. The van der Waals surface area contributed by atoms with Crippen LogP contribution in [0.4, 0.5) is 0 Å². The Hall–Kier alpha value is -2.48. The Morgan fingerprint density at radius 2 is 1.57 bits per heavy atom. The summed E-state index contributed by atoms with van der Waals surface area (Å²) in [5.41, 5.74) is 1.30. The summed E-state index contributed by atoms with van der Waals surface area (Å²) in [6, 6.07) is 21.9. The average Bonchev–Trinajstić information content (AvgIpc) is 3.28. The van der Waals surface area contributed by atoms with Gasteiger partial charge in [0.25, 0.3) is 5.91 Å². The van der Waals surface area contributed by atoms with E-state index >= 15 is 0 Å². The van der Waals surface area contributed by atoms with Gasteiger partial charge >= 0.3 is 0 Å². The molecule has 0 unspecified atom stereocenters. The highest BCUT2D eigenvalue weighted by Crippen LogP contribution is 2.28. The minimum absolute atomic E-state index is 0.112. The van der Waals surface area contributed by atoms with Gasteiger partial charge in [-0.3, -0.25) is 9.69 Å². The number of thiophene rings is 1. The third-order valence-corrected chi connectivity index (χ3v) is 8.64. The summed E-state index contributed by atoms with van der Waals surface area (Å²) < 4.78 is 25.6. The number of nitrogens with zero attached hydrogens (tertiary/aromatic N) is 1. The largest absolute Gasteiger partial charge is 0.349 e. The second-order valence-electron chi connectivity index (χ2n) is 7.44. The summed E-state index contributed by atoms with van der Waals surface area (Å²) in [7, 11) is -3.59. The van der Waals surface area contributed by atoms with Crippen LogP contribution in [-0.2, 0) is 16.4 Å². The van der Waals surface area contributed by atoms with Crippen LogP contribution >= 0.6 is 11.3 Å². The van der Waals surface area contributed by atoms with Gasteiger partial charge in [0.05, 0.1) is 9.77 Å². The highest BCUT2D eigenvalue weighted by Gasteiger charge is 2.24. The molecule has 0 atom stereocenters. The number of amides is 1. The zero-order chi connectivity index (χ0) is 21.0. The Bertz CT molecular complexity index is 1090. The van der Waals surface area contributed by atoms with Gasteiger partial charge in [0.15, 0.2) is 0 Å². The topological polar surface area (TPSA) is 66.5 Å².